The molecule has 1 N–H and O–H groups in total. The summed E-state index contributed by atoms with van der Waals surface area (Å²) in [6, 6.07) is 9.12. The monoisotopic (exact) mass is 419 g/mol. The van der Waals surface area contributed by atoms with Crippen LogP contribution in [0.5, 0.6) is 0 Å². The second-order valence-corrected chi connectivity index (χ2v) is 7.92. The molecule has 1 aliphatic heterocycles. The second-order valence-electron chi connectivity index (χ2n) is 5.41. The van der Waals surface area contributed by atoms with E-state index in [-0.39, 0.29) is 10.2 Å². The predicted molar refractivity (Wildman–Crippen MR) is 109 cm³/mol. The van der Waals surface area contributed by atoms with Crippen molar-refractivity contribution in [1.82, 2.24) is 9.88 Å². The normalized spacial score (nSPS) is 15.4. The van der Waals surface area contributed by atoms with Crippen LogP contribution in [-0.4, -0.2) is 43.6 Å². The van der Waals surface area contributed by atoms with E-state index in [1.165, 1.54) is 23.2 Å². The topological polar surface area (TPSA) is 90.8 Å². The van der Waals surface area contributed by atoms with Crippen LogP contribution in [0.25, 0.3) is 6.08 Å². The zero-order valence-corrected chi connectivity index (χ0v) is 16.4. The highest BCUT2D eigenvalue weighted by Crippen LogP contribution is 2.34. The molecule has 0 atom stereocenters. The van der Waals surface area contributed by atoms with Gasteiger partial charge in [-0.05, 0) is 18.2 Å². The number of carbonyl (C=O) groups excluding carboxylic acids is 2. The predicted octanol–water partition coefficient (Wildman–Crippen LogP) is 3.11. The summed E-state index contributed by atoms with van der Waals surface area (Å²) in [6.07, 6.45) is 1.55. The Hall–Kier alpha value is -2.56. The van der Waals surface area contributed by atoms with E-state index in [9.17, 15) is 14.4 Å². The van der Waals surface area contributed by atoms with Gasteiger partial charge in [0.25, 0.3) is 5.91 Å². The van der Waals surface area contributed by atoms with Crippen molar-refractivity contribution in [1.29, 1.82) is 0 Å². The van der Waals surface area contributed by atoms with E-state index in [1.807, 2.05) is 18.2 Å². The summed E-state index contributed by atoms with van der Waals surface area (Å²) in [5, 5.41) is 11.1. The molecule has 2 heterocycles. The molecule has 0 saturated carbocycles. The fraction of sp³-hybridized carbons (Fsp3) is 0.118. The van der Waals surface area contributed by atoms with Crippen LogP contribution in [0.2, 0.25) is 0 Å². The minimum Gasteiger partial charge on any atom is -0.480 e. The molecule has 2 aromatic rings. The molecule has 10 heteroatoms. The van der Waals surface area contributed by atoms with Crippen molar-refractivity contribution in [2.45, 2.75) is 6.92 Å². The van der Waals surface area contributed by atoms with Gasteiger partial charge in [0.1, 0.15) is 10.9 Å². The summed E-state index contributed by atoms with van der Waals surface area (Å²) in [4.78, 5) is 42.5. The largest absolute Gasteiger partial charge is 0.480 e. The number of anilines is 2. The molecule has 138 valence electrons. The number of hydrogen-bond acceptors (Lipinski definition) is 7. The summed E-state index contributed by atoms with van der Waals surface area (Å²) < 4.78 is 0.193. The fourth-order valence-corrected chi connectivity index (χ4v) is 4.44. The third kappa shape index (κ3) is 4.24. The van der Waals surface area contributed by atoms with Crippen molar-refractivity contribution >= 4 is 74.3 Å². The van der Waals surface area contributed by atoms with Gasteiger partial charge in [-0.3, -0.25) is 24.2 Å². The number of aliphatic carboxylic acids is 1. The van der Waals surface area contributed by atoms with Gasteiger partial charge in [0, 0.05) is 12.3 Å². The number of benzene rings is 1. The van der Waals surface area contributed by atoms with Crippen LogP contribution < -0.4 is 4.90 Å². The smallest absolute Gasteiger partial charge is 0.323 e. The lowest BCUT2D eigenvalue weighted by Crippen LogP contribution is -2.33. The van der Waals surface area contributed by atoms with Gasteiger partial charge in [0.05, 0.1) is 16.3 Å². The Morgan fingerprint density at radius 1 is 1.33 bits per heavy atom. The maximum absolute atomic E-state index is 12.3. The van der Waals surface area contributed by atoms with Crippen LogP contribution in [0.15, 0.2) is 40.6 Å². The molecule has 0 bridgehead atoms. The van der Waals surface area contributed by atoms with Crippen LogP contribution in [0.3, 0.4) is 0 Å². The third-order valence-electron chi connectivity index (χ3n) is 3.48. The first kappa shape index (κ1) is 19.2. The maximum Gasteiger partial charge on any atom is 0.323 e. The van der Waals surface area contributed by atoms with E-state index in [1.54, 1.807) is 23.6 Å². The SMILES string of the molecule is CC(=O)N(c1ccccc1)c1nc(/C=C2/SC(=S)N(CC(=O)O)C2=O)cs1. The summed E-state index contributed by atoms with van der Waals surface area (Å²) in [5.41, 5.74) is 1.19. The molecule has 0 radical (unpaired) electrons. The molecular weight excluding hydrogens is 406 g/mol. The van der Waals surface area contributed by atoms with Crippen LogP contribution in [0, 0.1) is 0 Å². The standard InChI is InChI=1S/C17H13N3O4S3/c1-10(21)20(12-5-3-2-4-6-12)16-18-11(9-26-16)7-13-15(24)19(8-14(22)23)17(25)27-13/h2-7,9H,8H2,1H3,(H,22,23)/b13-7+. The number of carboxylic acid groups (broad SMARTS) is 1. The number of amides is 2. The Balaban J connectivity index is 1.86. The van der Waals surface area contributed by atoms with Crippen LogP contribution in [-0.2, 0) is 14.4 Å². The highest BCUT2D eigenvalue weighted by atomic mass is 32.2. The third-order valence-corrected chi connectivity index (χ3v) is 5.70. The minimum absolute atomic E-state index is 0.185. The van der Waals surface area contributed by atoms with Crippen LogP contribution >= 0.6 is 35.3 Å². The lowest BCUT2D eigenvalue weighted by atomic mass is 10.3. The molecule has 0 unspecified atom stereocenters. The number of aromatic nitrogens is 1. The minimum atomic E-state index is -1.14. The lowest BCUT2D eigenvalue weighted by molar-refractivity contribution is -0.140. The van der Waals surface area contributed by atoms with Gasteiger partial charge in [-0.15, -0.1) is 11.3 Å². The average molecular weight is 420 g/mol. The number of thiazole rings is 1. The van der Waals surface area contributed by atoms with E-state index < -0.39 is 18.4 Å². The van der Waals surface area contributed by atoms with Gasteiger partial charge in [-0.1, -0.05) is 42.2 Å². The van der Waals surface area contributed by atoms with Crippen molar-refractivity contribution in [3.05, 3.63) is 46.3 Å². The Morgan fingerprint density at radius 2 is 2.04 bits per heavy atom. The number of carboxylic acids is 1. The molecule has 1 aromatic carbocycles. The molecule has 3 rings (SSSR count). The van der Waals surface area contributed by atoms with Gasteiger partial charge in [0.15, 0.2) is 5.13 Å². The van der Waals surface area contributed by atoms with E-state index in [4.69, 9.17) is 17.3 Å². The molecule has 1 aromatic heterocycles. The van der Waals surface area contributed by atoms with Crippen LogP contribution in [0.1, 0.15) is 12.6 Å². The summed E-state index contributed by atoms with van der Waals surface area (Å²) in [6.45, 7) is 0.974. The van der Waals surface area contributed by atoms with Gasteiger partial charge in [-0.25, -0.2) is 4.98 Å². The lowest BCUT2D eigenvalue weighted by Gasteiger charge is -2.17. The number of thioether (sulfide) groups is 1. The van der Waals surface area contributed by atoms with Crippen molar-refractivity contribution in [2.75, 3.05) is 11.4 Å². The molecular formula is C17H13N3O4S3. The summed E-state index contributed by atoms with van der Waals surface area (Å²) in [7, 11) is 0. The second kappa shape index (κ2) is 7.99. The molecule has 1 fully saturated rings. The maximum atomic E-state index is 12.3. The van der Waals surface area contributed by atoms with Crippen molar-refractivity contribution in [3.63, 3.8) is 0 Å². The number of carbonyl (C=O) groups is 3. The van der Waals surface area contributed by atoms with Gasteiger partial charge in [-0.2, -0.15) is 0 Å². The van der Waals surface area contributed by atoms with Gasteiger partial charge in [0.2, 0.25) is 5.91 Å². The first-order valence-electron chi connectivity index (χ1n) is 7.65. The molecule has 1 saturated heterocycles. The molecule has 2 amide bonds. The molecule has 0 spiro atoms. The Kier molecular flexibility index (Phi) is 5.68. The molecule has 27 heavy (non-hydrogen) atoms. The van der Waals surface area contributed by atoms with E-state index in [0.717, 1.165) is 16.7 Å². The van der Waals surface area contributed by atoms with Gasteiger partial charge < -0.3 is 5.11 Å². The van der Waals surface area contributed by atoms with Gasteiger partial charge >= 0.3 is 5.97 Å². The number of nitrogens with zero attached hydrogens (tertiary/aromatic N) is 3. The van der Waals surface area contributed by atoms with E-state index >= 15 is 0 Å². The highest BCUT2D eigenvalue weighted by molar-refractivity contribution is 8.26. The van der Waals surface area contributed by atoms with E-state index in [0.29, 0.717) is 21.4 Å². The molecule has 1 aliphatic rings. The Labute approximate surface area is 168 Å². The number of thiocarbonyl (C=S) groups is 1. The summed E-state index contributed by atoms with van der Waals surface area (Å²) in [5.74, 6) is -1.79. The summed E-state index contributed by atoms with van der Waals surface area (Å²) >= 11 is 7.36. The zero-order chi connectivity index (χ0) is 19.6. The number of para-hydroxylation sites is 1. The quantitative estimate of drug-likeness (QED) is 0.588. The van der Waals surface area contributed by atoms with Crippen molar-refractivity contribution in [2.24, 2.45) is 0 Å². The van der Waals surface area contributed by atoms with Crippen molar-refractivity contribution in [3.8, 4) is 0 Å². The molecule has 0 aliphatic carbocycles. The number of hydrogen-bond donors (Lipinski definition) is 1. The first-order chi connectivity index (χ1) is 12.9. The van der Waals surface area contributed by atoms with E-state index in [2.05, 4.69) is 4.98 Å². The average Bonchev–Trinajstić information content (AvgIpc) is 3.16. The fourth-order valence-electron chi connectivity index (χ4n) is 2.36. The number of rotatable bonds is 5. The first-order valence-corrected chi connectivity index (χ1v) is 9.75. The Morgan fingerprint density at radius 3 is 2.67 bits per heavy atom. The molecule has 7 nitrogen and oxygen atoms in total. The zero-order valence-electron chi connectivity index (χ0n) is 14.0. The highest BCUT2D eigenvalue weighted by Gasteiger charge is 2.33. The Bertz CT molecular complexity index is 955. The van der Waals surface area contributed by atoms with Crippen molar-refractivity contribution < 1.29 is 19.5 Å². The van der Waals surface area contributed by atoms with Crippen LogP contribution in [0.4, 0.5) is 10.8 Å².